The summed E-state index contributed by atoms with van der Waals surface area (Å²) < 4.78 is 6.05. The Bertz CT molecular complexity index is 604. The largest absolute Gasteiger partial charge is 0.459 e. The molecule has 0 radical (unpaired) electrons. The lowest BCUT2D eigenvalue weighted by Gasteiger charge is -2.33. The number of likely N-dealkylation sites (N-methyl/N-ethyl adjacent to an activating group) is 1. The molecule has 3 heteroatoms. The Balaban J connectivity index is 1.69. The van der Waals surface area contributed by atoms with Gasteiger partial charge in [-0.2, -0.15) is 0 Å². The Labute approximate surface area is 127 Å². The van der Waals surface area contributed by atoms with Crippen LogP contribution in [-0.2, 0) is 0 Å². The van der Waals surface area contributed by atoms with Crippen LogP contribution in [0.4, 0.5) is 0 Å². The number of nitrogens with zero attached hydrogens (tertiary/aromatic N) is 1. The molecule has 0 bridgehead atoms. The zero-order valence-electron chi connectivity index (χ0n) is 13.4. The first-order valence-corrected chi connectivity index (χ1v) is 8.08. The van der Waals surface area contributed by atoms with Crippen LogP contribution in [0.1, 0.15) is 43.6 Å². The normalized spacial score (nSPS) is 21.8. The molecule has 1 fully saturated rings. The summed E-state index contributed by atoms with van der Waals surface area (Å²) in [4.78, 5) is 2.48. The van der Waals surface area contributed by atoms with Crippen LogP contribution in [-0.4, -0.2) is 31.1 Å². The molecule has 1 saturated heterocycles. The third kappa shape index (κ3) is 2.99. The van der Waals surface area contributed by atoms with E-state index in [-0.39, 0.29) is 6.04 Å². The number of rotatable bonds is 4. The highest BCUT2D eigenvalue weighted by atomic mass is 16.3. The van der Waals surface area contributed by atoms with Crippen molar-refractivity contribution < 1.29 is 4.42 Å². The summed E-state index contributed by atoms with van der Waals surface area (Å²) >= 11 is 0. The predicted molar refractivity (Wildman–Crippen MR) is 87.6 cm³/mol. The molecule has 1 aromatic carbocycles. The minimum Gasteiger partial charge on any atom is -0.459 e. The first kappa shape index (κ1) is 14.6. The third-order valence-electron chi connectivity index (χ3n) is 4.86. The molecule has 1 aromatic heterocycles. The maximum atomic E-state index is 6.05. The van der Waals surface area contributed by atoms with Gasteiger partial charge in [0.25, 0.3) is 0 Å². The van der Waals surface area contributed by atoms with Crippen LogP contribution in [0.25, 0.3) is 11.0 Å². The number of hydrogen-bond acceptors (Lipinski definition) is 3. The van der Waals surface area contributed by atoms with E-state index in [0.29, 0.717) is 6.04 Å². The quantitative estimate of drug-likeness (QED) is 0.924. The van der Waals surface area contributed by atoms with E-state index in [1.807, 2.05) is 12.1 Å². The molecule has 1 aliphatic rings. The van der Waals surface area contributed by atoms with Gasteiger partial charge >= 0.3 is 0 Å². The zero-order valence-corrected chi connectivity index (χ0v) is 13.4. The Hall–Kier alpha value is -1.32. The minimum absolute atomic E-state index is 0.257. The fourth-order valence-electron chi connectivity index (χ4n) is 3.41. The number of nitrogens with one attached hydrogen (secondary N) is 1. The van der Waals surface area contributed by atoms with Gasteiger partial charge in [-0.25, -0.2) is 0 Å². The standard InChI is InChI=1S/C18H26N2O/c1-13-16-9-4-5-10-17(16)21-18(13)14(2)19-12-15-8-6-7-11-20(15)3/h4-5,9-10,14-15,19H,6-8,11-12H2,1-3H3. The van der Waals surface area contributed by atoms with E-state index in [2.05, 4.69) is 43.2 Å². The lowest BCUT2D eigenvalue weighted by molar-refractivity contribution is 0.177. The van der Waals surface area contributed by atoms with Gasteiger partial charge in [0.2, 0.25) is 0 Å². The summed E-state index contributed by atoms with van der Waals surface area (Å²) in [6.45, 7) is 6.62. The highest BCUT2D eigenvalue weighted by Crippen LogP contribution is 2.29. The number of hydrogen-bond donors (Lipinski definition) is 1. The second-order valence-corrected chi connectivity index (χ2v) is 6.35. The van der Waals surface area contributed by atoms with E-state index in [1.165, 1.54) is 36.8 Å². The first-order valence-electron chi connectivity index (χ1n) is 8.08. The number of piperidine rings is 1. The van der Waals surface area contributed by atoms with Crippen molar-refractivity contribution in [1.29, 1.82) is 0 Å². The van der Waals surface area contributed by atoms with Crippen LogP contribution in [0.2, 0.25) is 0 Å². The lowest BCUT2D eigenvalue weighted by Crippen LogP contribution is -2.43. The molecule has 3 rings (SSSR count). The molecule has 21 heavy (non-hydrogen) atoms. The smallest absolute Gasteiger partial charge is 0.134 e. The summed E-state index contributed by atoms with van der Waals surface area (Å²) in [5.41, 5.74) is 2.26. The van der Waals surface area contributed by atoms with Gasteiger partial charge in [0, 0.05) is 18.0 Å². The summed E-state index contributed by atoms with van der Waals surface area (Å²) in [7, 11) is 2.24. The van der Waals surface area contributed by atoms with Gasteiger partial charge in [-0.05, 0) is 51.9 Å². The molecule has 3 nitrogen and oxygen atoms in total. The van der Waals surface area contributed by atoms with Crippen LogP contribution in [0.3, 0.4) is 0 Å². The van der Waals surface area contributed by atoms with E-state index in [0.717, 1.165) is 17.9 Å². The van der Waals surface area contributed by atoms with Crippen molar-refractivity contribution in [3.63, 3.8) is 0 Å². The number of para-hydroxylation sites is 1. The van der Waals surface area contributed by atoms with Crippen molar-refractivity contribution in [2.75, 3.05) is 20.1 Å². The van der Waals surface area contributed by atoms with E-state index >= 15 is 0 Å². The van der Waals surface area contributed by atoms with Crippen molar-refractivity contribution in [3.05, 3.63) is 35.6 Å². The Morgan fingerprint density at radius 2 is 2.14 bits per heavy atom. The van der Waals surface area contributed by atoms with Gasteiger partial charge in [-0.15, -0.1) is 0 Å². The number of fused-ring (bicyclic) bond motifs is 1. The van der Waals surface area contributed by atoms with Gasteiger partial charge in [-0.1, -0.05) is 24.6 Å². The lowest BCUT2D eigenvalue weighted by atomic mass is 10.0. The van der Waals surface area contributed by atoms with Gasteiger partial charge in [-0.3, -0.25) is 0 Å². The highest BCUT2D eigenvalue weighted by Gasteiger charge is 2.21. The molecular weight excluding hydrogens is 260 g/mol. The SMILES string of the molecule is Cc1c(C(C)NCC2CCCCN2C)oc2ccccc12. The summed E-state index contributed by atoms with van der Waals surface area (Å²) in [5, 5.41) is 4.90. The Morgan fingerprint density at radius 1 is 1.33 bits per heavy atom. The average molecular weight is 286 g/mol. The summed E-state index contributed by atoms with van der Waals surface area (Å²) in [6, 6.07) is 9.21. The van der Waals surface area contributed by atoms with Crippen molar-refractivity contribution in [3.8, 4) is 0 Å². The van der Waals surface area contributed by atoms with Gasteiger partial charge in [0.05, 0.1) is 6.04 Å². The molecule has 0 spiro atoms. The van der Waals surface area contributed by atoms with Crippen LogP contribution in [0, 0.1) is 6.92 Å². The molecule has 2 unspecified atom stereocenters. The fourth-order valence-corrected chi connectivity index (χ4v) is 3.41. The molecule has 114 valence electrons. The van der Waals surface area contributed by atoms with Gasteiger partial charge in [0.1, 0.15) is 11.3 Å². The molecule has 1 N–H and O–H groups in total. The molecule has 2 aromatic rings. The number of likely N-dealkylation sites (tertiary alicyclic amines) is 1. The van der Waals surface area contributed by atoms with Crippen molar-refractivity contribution >= 4 is 11.0 Å². The van der Waals surface area contributed by atoms with E-state index < -0.39 is 0 Å². The van der Waals surface area contributed by atoms with Crippen LogP contribution >= 0.6 is 0 Å². The summed E-state index contributed by atoms with van der Waals surface area (Å²) in [5.74, 6) is 1.08. The van der Waals surface area contributed by atoms with E-state index in [1.54, 1.807) is 0 Å². The van der Waals surface area contributed by atoms with Crippen molar-refractivity contribution in [2.24, 2.45) is 0 Å². The topological polar surface area (TPSA) is 28.4 Å². The molecule has 0 amide bonds. The Kier molecular flexibility index (Phi) is 4.32. The second kappa shape index (κ2) is 6.20. The second-order valence-electron chi connectivity index (χ2n) is 6.35. The molecule has 0 saturated carbocycles. The zero-order chi connectivity index (χ0) is 14.8. The number of benzene rings is 1. The highest BCUT2D eigenvalue weighted by molar-refractivity contribution is 5.82. The number of furan rings is 1. The van der Waals surface area contributed by atoms with Crippen molar-refractivity contribution in [1.82, 2.24) is 10.2 Å². The van der Waals surface area contributed by atoms with Crippen LogP contribution < -0.4 is 5.32 Å². The molecule has 2 heterocycles. The Morgan fingerprint density at radius 3 is 2.90 bits per heavy atom. The summed E-state index contributed by atoms with van der Waals surface area (Å²) in [6.07, 6.45) is 4.00. The molecular formula is C18H26N2O. The van der Waals surface area contributed by atoms with E-state index in [4.69, 9.17) is 4.42 Å². The fraction of sp³-hybridized carbons (Fsp3) is 0.556. The predicted octanol–water partition coefficient (Wildman–Crippen LogP) is 3.88. The van der Waals surface area contributed by atoms with Crippen molar-refractivity contribution in [2.45, 2.75) is 45.2 Å². The first-order chi connectivity index (χ1) is 10.2. The third-order valence-corrected chi connectivity index (χ3v) is 4.86. The maximum Gasteiger partial charge on any atom is 0.134 e. The van der Waals surface area contributed by atoms with E-state index in [9.17, 15) is 0 Å². The van der Waals surface area contributed by atoms with Crippen LogP contribution in [0.15, 0.2) is 28.7 Å². The minimum atomic E-state index is 0.257. The maximum absolute atomic E-state index is 6.05. The molecule has 2 atom stereocenters. The monoisotopic (exact) mass is 286 g/mol. The van der Waals surface area contributed by atoms with Crippen LogP contribution in [0.5, 0.6) is 0 Å². The van der Waals surface area contributed by atoms with Gasteiger partial charge in [0.15, 0.2) is 0 Å². The average Bonchev–Trinajstić information content (AvgIpc) is 2.84. The van der Waals surface area contributed by atoms with Gasteiger partial charge < -0.3 is 14.6 Å². The molecule has 0 aliphatic carbocycles. The number of aryl methyl sites for hydroxylation is 1. The molecule has 1 aliphatic heterocycles.